The molecule has 0 aliphatic carbocycles. The van der Waals surface area contributed by atoms with Crippen molar-refractivity contribution in [3.8, 4) is 11.3 Å². The molecule has 0 aromatic carbocycles. The Balaban J connectivity index is 1.52. The standard InChI is InChI=1S/C17H18N6O3/c1-9-4-10(2-3-18-9)16-11-6-19-15(5-12(11)22-23-16)21-17(25)20-13-7-26-8-14(13)24/h2-6,13-14,24H,7-8H2,1H3,(H,22,23)(H2,19,20,21,25)/t13-,14-/m0/s1. The molecule has 0 radical (unpaired) electrons. The van der Waals surface area contributed by atoms with Gasteiger partial charge in [-0.1, -0.05) is 0 Å². The number of aliphatic hydroxyl groups is 1. The van der Waals surface area contributed by atoms with E-state index in [2.05, 4.69) is 30.8 Å². The second-order valence-corrected chi connectivity index (χ2v) is 6.18. The first kappa shape index (κ1) is 16.4. The zero-order valence-electron chi connectivity index (χ0n) is 14.1. The number of anilines is 1. The van der Waals surface area contributed by atoms with E-state index in [9.17, 15) is 9.90 Å². The highest BCUT2D eigenvalue weighted by Crippen LogP contribution is 2.26. The summed E-state index contributed by atoms with van der Waals surface area (Å²) in [6.07, 6.45) is 2.70. The first-order valence-corrected chi connectivity index (χ1v) is 8.20. The summed E-state index contributed by atoms with van der Waals surface area (Å²) in [6.45, 7) is 2.43. The van der Waals surface area contributed by atoms with Gasteiger partial charge in [-0.05, 0) is 19.1 Å². The van der Waals surface area contributed by atoms with E-state index in [0.717, 1.165) is 27.9 Å². The molecule has 26 heavy (non-hydrogen) atoms. The summed E-state index contributed by atoms with van der Waals surface area (Å²) in [5.41, 5.74) is 3.38. The molecule has 1 aliphatic heterocycles. The van der Waals surface area contributed by atoms with Crippen LogP contribution in [0.2, 0.25) is 0 Å². The van der Waals surface area contributed by atoms with Crippen LogP contribution in [0.4, 0.5) is 10.6 Å². The molecular weight excluding hydrogens is 336 g/mol. The SMILES string of the molecule is Cc1cc(-c2n[nH]c3cc(NC(=O)N[C@H]4COC[C@@H]4O)ncc23)ccn1. The number of nitrogens with zero attached hydrogens (tertiary/aromatic N) is 3. The Morgan fingerprint density at radius 1 is 1.35 bits per heavy atom. The monoisotopic (exact) mass is 354 g/mol. The number of nitrogens with one attached hydrogen (secondary N) is 3. The average molecular weight is 354 g/mol. The molecule has 9 heteroatoms. The van der Waals surface area contributed by atoms with Crippen LogP contribution in [0.1, 0.15) is 5.69 Å². The molecule has 3 aromatic heterocycles. The summed E-state index contributed by atoms with van der Waals surface area (Å²) < 4.78 is 5.11. The van der Waals surface area contributed by atoms with Crippen molar-refractivity contribution in [2.45, 2.75) is 19.1 Å². The van der Waals surface area contributed by atoms with Crippen molar-refractivity contribution < 1.29 is 14.6 Å². The van der Waals surface area contributed by atoms with Gasteiger partial charge in [0, 0.05) is 35.1 Å². The number of aliphatic hydroxyl groups excluding tert-OH is 1. The molecule has 9 nitrogen and oxygen atoms in total. The van der Waals surface area contributed by atoms with Crippen molar-refractivity contribution in [1.29, 1.82) is 0 Å². The van der Waals surface area contributed by atoms with Crippen LogP contribution in [0, 0.1) is 6.92 Å². The smallest absolute Gasteiger partial charge is 0.320 e. The molecule has 134 valence electrons. The summed E-state index contributed by atoms with van der Waals surface area (Å²) >= 11 is 0. The van der Waals surface area contributed by atoms with Crippen molar-refractivity contribution in [3.63, 3.8) is 0 Å². The number of H-pyrrole nitrogens is 1. The minimum Gasteiger partial charge on any atom is -0.388 e. The lowest BCUT2D eigenvalue weighted by atomic mass is 10.1. The van der Waals surface area contributed by atoms with Crippen molar-refractivity contribution in [3.05, 3.63) is 36.3 Å². The number of carbonyl (C=O) groups is 1. The van der Waals surface area contributed by atoms with Crippen molar-refractivity contribution in [2.24, 2.45) is 0 Å². The molecule has 0 bridgehead atoms. The minimum absolute atomic E-state index is 0.223. The molecule has 1 saturated heterocycles. The van der Waals surface area contributed by atoms with Gasteiger partial charge in [-0.2, -0.15) is 5.10 Å². The number of amides is 2. The van der Waals surface area contributed by atoms with Gasteiger partial charge in [0.1, 0.15) is 11.5 Å². The largest absolute Gasteiger partial charge is 0.388 e. The Kier molecular flexibility index (Phi) is 4.23. The Labute approximate surface area is 148 Å². The number of aromatic amines is 1. The Morgan fingerprint density at radius 3 is 3.00 bits per heavy atom. The molecule has 0 spiro atoms. The number of aromatic nitrogens is 4. The maximum Gasteiger partial charge on any atom is 0.320 e. The molecule has 4 heterocycles. The highest BCUT2D eigenvalue weighted by Gasteiger charge is 2.27. The van der Waals surface area contributed by atoms with Gasteiger partial charge in [0.2, 0.25) is 0 Å². The fraction of sp³-hybridized carbons (Fsp3) is 0.294. The first-order chi connectivity index (χ1) is 12.6. The number of pyridine rings is 2. The molecule has 4 rings (SSSR count). The van der Waals surface area contributed by atoms with Gasteiger partial charge in [0.25, 0.3) is 0 Å². The van der Waals surface area contributed by atoms with E-state index in [4.69, 9.17) is 4.74 Å². The Bertz CT molecular complexity index is 957. The third kappa shape index (κ3) is 3.22. The number of ether oxygens (including phenoxy) is 1. The number of aryl methyl sites for hydroxylation is 1. The highest BCUT2D eigenvalue weighted by atomic mass is 16.5. The van der Waals surface area contributed by atoms with E-state index in [0.29, 0.717) is 5.82 Å². The van der Waals surface area contributed by atoms with Crippen molar-refractivity contribution in [2.75, 3.05) is 18.5 Å². The quantitative estimate of drug-likeness (QED) is 0.560. The Hall–Kier alpha value is -3.04. The predicted octanol–water partition coefficient (Wildman–Crippen LogP) is 1.21. The van der Waals surface area contributed by atoms with E-state index in [1.807, 2.05) is 19.1 Å². The number of rotatable bonds is 3. The van der Waals surface area contributed by atoms with Crippen LogP contribution in [-0.2, 0) is 4.74 Å². The van der Waals surface area contributed by atoms with Gasteiger partial charge in [0.15, 0.2) is 0 Å². The summed E-state index contributed by atoms with van der Waals surface area (Å²) in [7, 11) is 0. The molecular formula is C17H18N6O3. The van der Waals surface area contributed by atoms with E-state index < -0.39 is 18.2 Å². The molecule has 4 N–H and O–H groups in total. The van der Waals surface area contributed by atoms with E-state index >= 15 is 0 Å². The summed E-state index contributed by atoms with van der Waals surface area (Å²) in [4.78, 5) is 20.5. The van der Waals surface area contributed by atoms with Gasteiger partial charge in [-0.15, -0.1) is 0 Å². The number of carbonyl (C=O) groups excluding carboxylic acids is 1. The van der Waals surface area contributed by atoms with Crippen LogP contribution in [0.3, 0.4) is 0 Å². The van der Waals surface area contributed by atoms with Crippen LogP contribution in [0.5, 0.6) is 0 Å². The minimum atomic E-state index is -0.699. The Morgan fingerprint density at radius 2 is 2.23 bits per heavy atom. The van der Waals surface area contributed by atoms with Crippen LogP contribution in [0.15, 0.2) is 30.6 Å². The summed E-state index contributed by atoms with van der Waals surface area (Å²) in [6, 6.07) is 4.67. The van der Waals surface area contributed by atoms with Gasteiger partial charge < -0.3 is 15.2 Å². The van der Waals surface area contributed by atoms with E-state index in [-0.39, 0.29) is 13.2 Å². The zero-order chi connectivity index (χ0) is 18.1. The predicted molar refractivity (Wildman–Crippen MR) is 94.6 cm³/mol. The number of urea groups is 1. The molecule has 0 unspecified atom stereocenters. The van der Waals surface area contributed by atoms with Gasteiger partial charge in [-0.3, -0.25) is 15.4 Å². The molecule has 1 aliphatic rings. The fourth-order valence-corrected chi connectivity index (χ4v) is 2.90. The van der Waals surface area contributed by atoms with Crippen LogP contribution < -0.4 is 10.6 Å². The molecule has 3 aromatic rings. The van der Waals surface area contributed by atoms with E-state index in [1.54, 1.807) is 18.5 Å². The van der Waals surface area contributed by atoms with Crippen LogP contribution >= 0.6 is 0 Å². The summed E-state index contributed by atoms with van der Waals surface area (Å²) in [5, 5.41) is 23.1. The summed E-state index contributed by atoms with van der Waals surface area (Å²) in [5.74, 6) is 0.379. The third-order valence-electron chi connectivity index (χ3n) is 4.23. The molecule has 1 fully saturated rings. The fourth-order valence-electron chi connectivity index (χ4n) is 2.90. The number of hydrogen-bond donors (Lipinski definition) is 4. The normalized spacial score (nSPS) is 19.6. The van der Waals surface area contributed by atoms with Crippen molar-refractivity contribution in [1.82, 2.24) is 25.5 Å². The number of fused-ring (bicyclic) bond motifs is 1. The number of hydrogen-bond acceptors (Lipinski definition) is 6. The van der Waals surface area contributed by atoms with Gasteiger partial charge in [-0.25, -0.2) is 9.78 Å². The van der Waals surface area contributed by atoms with Gasteiger partial charge in [0.05, 0.1) is 30.9 Å². The van der Waals surface area contributed by atoms with Crippen LogP contribution in [-0.4, -0.2) is 56.7 Å². The molecule has 0 saturated carbocycles. The topological polar surface area (TPSA) is 125 Å². The zero-order valence-corrected chi connectivity index (χ0v) is 14.1. The second-order valence-electron chi connectivity index (χ2n) is 6.18. The second kappa shape index (κ2) is 6.70. The highest BCUT2D eigenvalue weighted by molar-refractivity contribution is 5.95. The maximum absolute atomic E-state index is 12.1. The van der Waals surface area contributed by atoms with Gasteiger partial charge >= 0.3 is 6.03 Å². The molecule has 2 amide bonds. The third-order valence-corrected chi connectivity index (χ3v) is 4.23. The first-order valence-electron chi connectivity index (χ1n) is 8.20. The van der Waals surface area contributed by atoms with Crippen molar-refractivity contribution >= 4 is 22.8 Å². The van der Waals surface area contributed by atoms with E-state index in [1.165, 1.54) is 0 Å². The molecule has 2 atom stereocenters. The van der Waals surface area contributed by atoms with Crippen LogP contribution in [0.25, 0.3) is 22.2 Å². The average Bonchev–Trinajstić information content (AvgIpc) is 3.21. The lowest BCUT2D eigenvalue weighted by molar-refractivity contribution is 0.123. The lowest BCUT2D eigenvalue weighted by Crippen LogP contribution is -2.44. The lowest BCUT2D eigenvalue weighted by Gasteiger charge is -2.14. The maximum atomic E-state index is 12.1.